The first-order chi connectivity index (χ1) is 18.9. The Kier molecular flexibility index (Phi) is 7.17. The normalized spacial score (nSPS) is 14.4. The van der Waals surface area contributed by atoms with E-state index in [1.165, 1.54) is 0 Å². The predicted molar refractivity (Wildman–Crippen MR) is 155 cm³/mol. The Morgan fingerprint density at radius 2 is 0.615 bits per heavy atom. The third-order valence-corrected chi connectivity index (χ3v) is 8.66. The molecule has 0 unspecified atom stereocenters. The van der Waals surface area contributed by atoms with Gasteiger partial charge >= 0.3 is 0 Å². The van der Waals surface area contributed by atoms with Crippen LogP contribution in [0.2, 0.25) is 0 Å². The summed E-state index contributed by atoms with van der Waals surface area (Å²) in [7, 11) is 2.37. The van der Waals surface area contributed by atoms with Gasteiger partial charge in [-0.05, 0) is 95.1 Å². The summed E-state index contributed by atoms with van der Waals surface area (Å²) in [5, 5.41) is 0. The van der Waals surface area contributed by atoms with E-state index in [0.717, 1.165) is 11.1 Å². The largest absolute Gasteiger partial charge is 0.497 e. The maximum Gasteiger partial charge on any atom is 0.209 e. The molecular weight excluding hydrogens is 512 g/mol. The molecule has 0 radical (unpaired) electrons. The third-order valence-electron chi connectivity index (χ3n) is 6.70. The van der Waals surface area contributed by atoms with Crippen molar-refractivity contribution in [2.75, 3.05) is 28.4 Å². The lowest BCUT2D eigenvalue weighted by Crippen LogP contribution is -2.03. The predicted octanol–water partition coefficient (Wildman–Crippen LogP) is 6.59. The van der Waals surface area contributed by atoms with E-state index in [-0.39, 0.29) is 9.81 Å². The van der Waals surface area contributed by atoms with Gasteiger partial charge in [0.15, 0.2) is 0 Å². The molecule has 5 rings (SSSR count). The minimum atomic E-state index is -3.98. The van der Waals surface area contributed by atoms with Gasteiger partial charge in [0.1, 0.15) is 23.0 Å². The molecule has 0 saturated heterocycles. The number of rotatable bonds is 8. The van der Waals surface area contributed by atoms with Crippen LogP contribution < -0.4 is 18.9 Å². The zero-order chi connectivity index (χ0) is 27.6. The number of sulfone groups is 1. The van der Waals surface area contributed by atoms with Crippen LogP contribution in [0.25, 0.3) is 21.0 Å². The zero-order valence-electron chi connectivity index (χ0n) is 22.1. The zero-order valence-corrected chi connectivity index (χ0v) is 22.9. The lowest BCUT2D eigenvalue weighted by Gasteiger charge is -2.14. The van der Waals surface area contributed by atoms with Crippen molar-refractivity contribution in [3.63, 3.8) is 0 Å². The van der Waals surface area contributed by atoms with Crippen molar-refractivity contribution >= 4 is 30.8 Å². The molecule has 0 fully saturated rings. The average molecular weight is 541 g/mol. The molecule has 4 aromatic rings. The summed E-state index contributed by atoms with van der Waals surface area (Å²) < 4.78 is 50.6. The van der Waals surface area contributed by atoms with E-state index in [9.17, 15) is 8.42 Å². The van der Waals surface area contributed by atoms with Crippen molar-refractivity contribution in [1.29, 1.82) is 0 Å². The molecule has 0 bridgehead atoms. The second-order valence-corrected chi connectivity index (χ2v) is 10.6. The SMILES string of the molecule is COc1ccc(C2=C(c3ccc(OC)cc3)S(=O)(=O)C(c3ccc(OC)cc3)=C2c2ccc(OC)cc2)cc1. The molecule has 0 spiro atoms. The van der Waals surface area contributed by atoms with Crippen LogP contribution in [0.5, 0.6) is 23.0 Å². The number of ether oxygens (including phenoxy) is 4. The summed E-state index contributed by atoms with van der Waals surface area (Å²) in [6, 6.07) is 29.0. The average Bonchev–Trinajstić information content (AvgIpc) is 3.24. The molecule has 6 nitrogen and oxygen atoms in total. The first-order valence-corrected chi connectivity index (χ1v) is 13.7. The number of benzene rings is 4. The minimum absolute atomic E-state index is 0.229. The molecule has 1 aliphatic heterocycles. The first-order valence-electron chi connectivity index (χ1n) is 12.2. The first kappa shape index (κ1) is 26.1. The Bertz CT molecular complexity index is 1530. The van der Waals surface area contributed by atoms with Crippen LogP contribution >= 0.6 is 0 Å². The topological polar surface area (TPSA) is 71.1 Å². The Morgan fingerprint density at radius 3 is 0.846 bits per heavy atom. The monoisotopic (exact) mass is 540 g/mol. The summed E-state index contributed by atoms with van der Waals surface area (Å²) in [6.07, 6.45) is 0. The summed E-state index contributed by atoms with van der Waals surface area (Å²) >= 11 is 0. The van der Waals surface area contributed by atoms with Crippen molar-refractivity contribution < 1.29 is 27.4 Å². The maximum absolute atomic E-state index is 14.6. The van der Waals surface area contributed by atoms with E-state index in [0.29, 0.717) is 45.3 Å². The van der Waals surface area contributed by atoms with Crippen molar-refractivity contribution in [2.45, 2.75) is 0 Å². The van der Waals surface area contributed by atoms with Crippen molar-refractivity contribution in [1.82, 2.24) is 0 Å². The third kappa shape index (κ3) is 4.77. The van der Waals surface area contributed by atoms with E-state index in [2.05, 4.69) is 0 Å². The molecule has 7 heteroatoms. The van der Waals surface area contributed by atoms with Crippen LogP contribution in [-0.2, 0) is 9.84 Å². The van der Waals surface area contributed by atoms with Gasteiger partial charge in [0.05, 0.1) is 38.2 Å². The highest BCUT2D eigenvalue weighted by atomic mass is 32.2. The quantitative estimate of drug-likeness (QED) is 0.251. The molecule has 1 aliphatic rings. The molecule has 1 heterocycles. The Labute approximate surface area is 228 Å². The second-order valence-electron chi connectivity index (χ2n) is 8.83. The van der Waals surface area contributed by atoms with Crippen molar-refractivity contribution in [2.24, 2.45) is 0 Å². The molecule has 198 valence electrons. The van der Waals surface area contributed by atoms with E-state index in [4.69, 9.17) is 18.9 Å². The van der Waals surface area contributed by atoms with Crippen molar-refractivity contribution in [3.8, 4) is 23.0 Å². The summed E-state index contributed by atoms with van der Waals surface area (Å²) in [5.41, 5.74) is 3.85. The van der Waals surface area contributed by atoms with Crippen LogP contribution in [0.1, 0.15) is 22.3 Å². The fourth-order valence-electron chi connectivity index (χ4n) is 4.75. The maximum atomic E-state index is 14.6. The number of methoxy groups -OCH3 is 4. The molecular formula is C32H28O6S. The van der Waals surface area contributed by atoms with E-state index in [1.807, 2.05) is 48.5 Å². The fraction of sp³-hybridized carbons (Fsp3) is 0.125. The van der Waals surface area contributed by atoms with Gasteiger partial charge in [-0.25, -0.2) is 8.42 Å². The van der Waals surface area contributed by atoms with Gasteiger partial charge < -0.3 is 18.9 Å². The van der Waals surface area contributed by atoms with Gasteiger partial charge in [-0.3, -0.25) is 0 Å². The lowest BCUT2D eigenvalue weighted by atomic mass is 9.89. The Morgan fingerprint density at radius 1 is 0.385 bits per heavy atom. The lowest BCUT2D eigenvalue weighted by molar-refractivity contribution is 0.414. The highest BCUT2D eigenvalue weighted by molar-refractivity contribution is 8.10. The second kappa shape index (κ2) is 10.7. The molecule has 4 aromatic carbocycles. The standard InChI is InChI=1S/C32H28O6S/c1-35-25-13-5-21(6-14-25)29-30(22-7-15-26(36-2)16-8-22)32(24-11-19-28(38-4)20-12-24)39(33,34)31(29)23-9-17-27(37-3)18-10-23/h5-20H,1-4H3. The summed E-state index contributed by atoms with van der Waals surface area (Å²) in [4.78, 5) is 0.457. The van der Waals surface area contributed by atoms with Crippen LogP contribution in [0.3, 0.4) is 0 Å². The smallest absolute Gasteiger partial charge is 0.209 e. The molecule has 0 N–H and O–H groups in total. The van der Waals surface area contributed by atoms with Gasteiger partial charge in [0.25, 0.3) is 0 Å². The number of allylic oxidation sites excluding steroid dienone is 2. The molecule has 0 aromatic heterocycles. The van der Waals surface area contributed by atoms with Crippen molar-refractivity contribution in [3.05, 3.63) is 119 Å². The highest BCUT2D eigenvalue weighted by Crippen LogP contribution is 2.54. The van der Waals surface area contributed by atoms with Gasteiger partial charge in [-0.15, -0.1) is 0 Å². The van der Waals surface area contributed by atoms with Gasteiger partial charge in [0.2, 0.25) is 9.84 Å². The number of hydrogen-bond acceptors (Lipinski definition) is 6. The minimum Gasteiger partial charge on any atom is -0.497 e. The molecule has 0 saturated carbocycles. The van der Waals surface area contributed by atoms with Gasteiger partial charge in [0, 0.05) is 11.1 Å². The number of hydrogen-bond donors (Lipinski definition) is 0. The van der Waals surface area contributed by atoms with E-state index in [1.54, 1.807) is 77.0 Å². The van der Waals surface area contributed by atoms with Gasteiger partial charge in [-0.1, -0.05) is 24.3 Å². The molecule has 0 aliphatic carbocycles. The molecule has 0 atom stereocenters. The summed E-state index contributed by atoms with van der Waals surface area (Å²) in [5.74, 6) is 2.63. The van der Waals surface area contributed by atoms with Crippen LogP contribution in [0.4, 0.5) is 0 Å². The molecule has 0 amide bonds. The summed E-state index contributed by atoms with van der Waals surface area (Å²) in [6.45, 7) is 0. The van der Waals surface area contributed by atoms with Crippen LogP contribution in [0, 0.1) is 0 Å². The van der Waals surface area contributed by atoms with E-state index < -0.39 is 9.84 Å². The van der Waals surface area contributed by atoms with Crippen LogP contribution in [0.15, 0.2) is 97.1 Å². The highest BCUT2D eigenvalue weighted by Gasteiger charge is 2.40. The van der Waals surface area contributed by atoms with E-state index >= 15 is 0 Å². The van der Waals surface area contributed by atoms with Gasteiger partial charge in [-0.2, -0.15) is 0 Å². The Balaban J connectivity index is 1.87. The molecule has 39 heavy (non-hydrogen) atoms. The Hall–Kier alpha value is -4.49. The fourth-order valence-corrected chi connectivity index (χ4v) is 6.82. The van der Waals surface area contributed by atoms with Crippen LogP contribution in [-0.4, -0.2) is 36.9 Å².